The molecule has 7 nitrogen and oxygen atoms in total. The summed E-state index contributed by atoms with van der Waals surface area (Å²) in [7, 11) is 0. The van der Waals surface area contributed by atoms with E-state index in [-0.39, 0.29) is 0 Å². The lowest BCUT2D eigenvalue weighted by atomic mass is 10.1. The van der Waals surface area contributed by atoms with Crippen molar-refractivity contribution < 1.29 is 0 Å². The van der Waals surface area contributed by atoms with E-state index in [0.717, 1.165) is 88.7 Å². The second kappa shape index (κ2) is 16.6. The first-order valence-corrected chi connectivity index (χ1v) is 25.8. The Balaban J connectivity index is 1.09. The maximum Gasteiger partial charge on any atom is 0.166 e. The van der Waals surface area contributed by atoms with Crippen molar-refractivity contribution in [3.8, 4) is 56.9 Å². The molecule has 0 bridgehead atoms. The SMILES string of the molecule is c1ccc(-c2nc(-c3ccccc3)nc(-c3cccc4c5ccc6c(c7ccccc7n6-c6ccccc6)c5n(-c5ccc6c(c5)c5c(ccc7c8ccccc8n(-c8ccccc8)c75)n6-c5ccccc5)c34)n2)cc1. The number of nitrogens with zero attached hydrogens (tertiary/aromatic N) is 7. The number of hydrogen-bond donors (Lipinski definition) is 0. The lowest BCUT2D eigenvalue weighted by Crippen LogP contribution is -2.02. The Morgan fingerprint density at radius 2 is 0.632 bits per heavy atom. The smallest absolute Gasteiger partial charge is 0.166 e. The zero-order chi connectivity index (χ0) is 49.8. The fourth-order valence-corrected chi connectivity index (χ4v) is 12.2. The Morgan fingerprint density at radius 3 is 1.22 bits per heavy atom. The molecule has 0 aliphatic rings. The second-order valence-corrected chi connectivity index (χ2v) is 19.5. The van der Waals surface area contributed by atoms with E-state index in [4.69, 9.17) is 15.0 Å². The highest BCUT2D eigenvalue weighted by atomic mass is 15.1. The van der Waals surface area contributed by atoms with Crippen LogP contribution in [0.4, 0.5) is 0 Å². The third kappa shape index (κ3) is 6.20. The normalized spacial score (nSPS) is 11.9. The molecule has 5 heterocycles. The Morgan fingerprint density at radius 1 is 0.224 bits per heavy atom. The summed E-state index contributed by atoms with van der Waals surface area (Å²) in [5.74, 6) is 1.83. The molecular weight excluding hydrogens is 927 g/mol. The highest BCUT2D eigenvalue weighted by molar-refractivity contribution is 6.29. The van der Waals surface area contributed by atoms with Gasteiger partial charge in [0.05, 0.1) is 44.1 Å². The molecule has 76 heavy (non-hydrogen) atoms. The fourth-order valence-electron chi connectivity index (χ4n) is 12.2. The lowest BCUT2D eigenvalue weighted by Gasteiger charge is -2.14. The van der Waals surface area contributed by atoms with E-state index < -0.39 is 0 Å². The minimum absolute atomic E-state index is 0.598. The molecular formula is C69H43N7. The van der Waals surface area contributed by atoms with Crippen molar-refractivity contribution in [2.45, 2.75) is 0 Å². The molecule has 0 fully saturated rings. The summed E-state index contributed by atoms with van der Waals surface area (Å²) in [5.41, 5.74) is 16.1. The second-order valence-electron chi connectivity index (χ2n) is 19.5. The van der Waals surface area contributed by atoms with Crippen LogP contribution in [-0.4, -0.2) is 33.2 Å². The van der Waals surface area contributed by atoms with Crippen molar-refractivity contribution in [2.75, 3.05) is 0 Å². The van der Waals surface area contributed by atoms with Gasteiger partial charge in [-0.05, 0) is 84.9 Å². The Kier molecular flexibility index (Phi) is 9.20. The van der Waals surface area contributed by atoms with E-state index >= 15 is 0 Å². The molecule has 0 saturated carbocycles. The van der Waals surface area contributed by atoms with Gasteiger partial charge in [0, 0.05) is 82.5 Å². The van der Waals surface area contributed by atoms with Crippen LogP contribution >= 0.6 is 0 Å². The first-order chi connectivity index (χ1) is 37.7. The third-order valence-electron chi connectivity index (χ3n) is 15.4. The summed E-state index contributed by atoms with van der Waals surface area (Å²) in [4.78, 5) is 15.9. The molecule has 0 aliphatic heterocycles. The summed E-state index contributed by atoms with van der Waals surface area (Å²) in [6, 6.07) is 93.4. The van der Waals surface area contributed by atoms with Gasteiger partial charge in [0.15, 0.2) is 17.5 Å². The van der Waals surface area contributed by atoms with E-state index in [1.165, 1.54) is 38.0 Å². The van der Waals surface area contributed by atoms with Crippen molar-refractivity contribution >= 4 is 87.2 Å². The van der Waals surface area contributed by atoms with E-state index in [1.54, 1.807) is 0 Å². The van der Waals surface area contributed by atoms with Gasteiger partial charge in [0.1, 0.15) is 0 Å². The molecule has 16 rings (SSSR count). The first kappa shape index (κ1) is 42.2. The number of fused-ring (bicyclic) bond motifs is 14. The highest BCUT2D eigenvalue weighted by Gasteiger charge is 2.27. The fraction of sp³-hybridized carbons (Fsp3) is 0. The molecule has 0 unspecified atom stereocenters. The van der Waals surface area contributed by atoms with Crippen LogP contribution in [0.2, 0.25) is 0 Å². The zero-order valence-electron chi connectivity index (χ0n) is 41.0. The molecule has 5 aromatic heterocycles. The number of hydrogen-bond acceptors (Lipinski definition) is 3. The summed E-state index contributed by atoms with van der Waals surface area (Å²) < 4.78 is 9.82. The van der Waals surface area contributed by atoms with Crippen LogP contribution in [-0.2, 0) is 0 Å². The van der Waals surface area contributed by atoms with E-state index in [9.17, 15) is 0 Å². The van der Waals surface area contributed by atoms with Gasteiger partial charge in [-0.1, -0.05) is 176 Å². The van der Waals surface area contributed by atoms with Crippen LogP contribution in [0.5, 0.6) is 0 Å². The predicted molar refractivity (Wildman–Crippen MR) is 313 cm³/mol. The van der Waals surface area contributed by atoms with Crippen LogP contribution in [0.3, 0.4) is 0 Å². The van der Waals surface area contributed by atoms with Crippen molar-refractivity contribution in [2.24, 2.45) is 0 Å². The Hall–Kier alpha value is -10.4. The van der Waals surface area contributed by atoms with Gasteiger partial charge in [-0.2, -0.15) is 0 Å². The van der Waals surface area contributed by atoms with Crippen LogP contribution in [0.25, 0.3) is 144 Å². The van der Waals surface area contributed by atoms with Crippen molar-refractivity contribution in [3.05, 3.63) is 261 Å². The minimum atomic E-state index is 0.598. The van der Waals surface area contributed by atoms with Gasteiger partial charge in [-0.3, -0.25) is 0 Å². The van der Waals surface area contributed by atoms with E-state index in [2.05, 4.69) is 243 Å². The van der Waals surface area contributed by atoms with Crippen molar-refractivity contribution in [1.29, 1.82) is 0 Å². The van der Waals surface area contributed by atoms with E-state index in [1.807, 2.05) is 36.4 Å². The summed E-state index contributed by atoms with van der Waals surface area (Å²) in [6.07, 6.45) is 0. The first-order valence-electron chi connectivity index (χ1n) is 25.8. The topological polar surface area (TPSA) is 58.4 Å². The molecule has 0 N–H and O–H groups in total. The maximum atomic E-state index is 5.39. The molecule has 0 spiro atoms. The van der Waals surface area contributed by atoms with Gasteiger partial charge >= 0.3 is 0 Å². The third-order valence-corrected chi connectivity index (χ3v) is 15.4. The van der Waals surface area contributed by atoms with Crippen molar-refractivity contribution in [3.63, 3.8) is 0 Å². The minimum Gasteiger partial charge on any atom is -0.309 e. The van der Waals surface area contributed by atoms with Gasteiger partial charge in [0.2, 0.25) is 0 Å². The average Bonchev–Trinajstić information content (AvgIpc) is 4.35. The van der Waals surface area contributed by atoms with E-state index in [0.29, 0.717) is 17.5 Å². The molecule has 354 valence electrons. The van der Waals surface area contributed by atoms with Crippen LogP contribution < -0.4 is 0 Å². The number of rotatable bonds is 7. The van der Waals surface area contributed by atoms with Gasteiger partial charge < -0.3 is 18.3 Å². The molecule has 0 amide bonds. The summed E-state index contributed by atoms with van der Waals surface area (Å²) in [5, 5.41) is 9.33. The van der Waals surface area contributed by atoms with Gasteiger partial charge in [-0.15, -0.1) is 0 Å². The molecule has 11 aromatic carbocycles. The summed E-state index contributed by atoms with van der Waals surface area (Å²) in [6.45, 7) is 0. The number of para-hydroxylation sites is 6. The number of aromatic nitrogens is 7. The molecule has 0 aliphatic carbocycles. The van der Waals surface area contributed by atoms with Gasteiger partial charge in [-0.25, -0.2) is 15.0 Å². The largest absolute Gasteiger partial charge is 0.309 e. The number of benzene rings is 11. The molecule has 0 atom stereocenters. The van der Waals surface area contributed by atoms with Crippen LogP contribution in [0, 0.1) is 0 Å². The standard InChI is InChI=1S/C69H43N7/c1-6-21-44(22-7-1)67-70-68(45-23-8-2-9-24-45)72-69(71-67)55-34-20-33-51-53-39-42-60-62(54-32-17-19-36-58(54)73(60)46-25-10-3-11-26-46)66(53)76(64(51)55)49-37-40-59-56(43-49)63-61(74(59)47-27-12-4-13-28-47)41-38-52-50-31-16-18-35-57(50)75(65(52)63)48-29-14-5-15-30-48/h1-43H. The maximum absolute atomic E-state index is 5.39. The molecule has 0 saturated heterocycles. The monoisotopic (exact) mass is 969 g/mol. The highest BCUT2D eigenvalue weighted by Crippen LogP contribution is 2.47. The lowest BCUT2D eigenvalue weighted by molar-refractivity contribution is 1.07. The quantitative estimate of drug-likeness (QED) is 0.160. The average molecular weight is 970 g/mol. The van der Waals surface area contributed by atoms with Gasteiger partial charge in [0.25, 0.3) is 0 Å². The molecule has 16 aromatic rings. The van der Waals surface area contributed by atoms with Crippen molar-refractivity contribution in [1.82, 2.24) is 33.2 Å². The Labute approximate surface area is 436 Å². The molecule has 0 radical (unpaired) electrons. The Bertz CT molecular complexity index is 4900. The zero-order valence-corrected chi connectivity index (χ0v) is 41.0. The van der Waals surface area contributed by atoms with Crippen LogP contribution in [0.1, 0.15) is 0 Å². The predicted octanol–water partition coefficient (Wildman–Crippen LogP) is 17.3. The molecule has 7 heteroatoms. The summed E-state index contributed by atoms with van der Waals surface area (Å²) >= 11 is 0. The van der Waals surface area contributed by atoms with Crippen LogP contribution in [0.15, 0.2) is 261 Å².